The number of halogens is 5. The van der Waals surface area contributed by atoms with Gasteiger partial charge in [-0.1, -0.05) is 35.3 Å². The van der Waals surface area contributed by atoms with E-state index in [0.29, 0.717) is 5.75 Å². The fourth-order valence-corrected chi connectivity index (χ4v) is 3.85. The number of pyridine rings is 1. The highest BCUT2D eigenvalue weighted by Gasteiger charge is 2.38. The van der Waals surface area contributed by atoms with Crippen LogP contribution in [0.3, 0.4) is 0 Å². The van der Waals surface area contributed by atoms with Crippen LogP contribution in [-0.2, 0) is 12.7 Å². The zero-order chi connectivity index (χ0) is 23.6. The SMILES string of the molecule is O=C(Nc1cccc2c1nc(C(F)(F)F)n2CCOc1cccnc1)c1c(Cl)cccc1Cl. The number of rotatable bonds is 6. The summed E-state index contributed by atoms with van der Waals surface area (Å²) in [7, 11) is 0. The summed E-state index contributed by atoms with van der Waals surface area (Å²) in [4.78, 5) is 20.4. The molecule has 0 bridgehead atoms. The van der Waals surface area contributed by atoms with E-state index in [9.17, 15) is 18.0 Å². The molecule has 0 unspecified atom stereocenters. The highest BCUT2D eigenvalue weighted by molar-refractivity contribution is 6.40. The number of carbonyl (C=O) groups is 1. The van der Waals surface area contributed by atoms with Crippen molar-refractivity contribution in [3.8, 4) is 5.75 Å². The zero-order valence-electron chi connectivity index (χ0n) is 16.7. The van der Waals surface area contributed by atoms with E-state index in [1.54, 1.807) is 24.4 Å². The third-order valence-electron chi connectivity index (χ3n) is 4.69. The smallest absolute Gasteiger partial charge is 0.449 e. The number of hydrogen-bond donors (Lipinski definition) is 1. The molecule has 0 atom stereocenters. The van der Waals surface area contributed by atoms with Gasteiger partial charge in [-0.05, 0) is 36.4 Å². The summed E-state index contributed by atoms with van der Waals surface area (Å²) < 4.78 is 47.7. The van der Waals surface area contributed by atoms with Crippen LogP contribution >= 0.6 is 23.2 Å². The van der Waals surface area contributed by atoms with Crippen molar-refractivity contribution < 1.29 is 22.7 Å². The lowest BCUT2D eigenvalue weighted by atomic mass is 10.2. The Labute approximate surface area is 195 Å². The Kier molecular flexibility index (Phi) is 6.44. The first kappa shape index (κ1) is 22.9. The summed E-state index contributed by atoms with van der Waals surface area (Å²) in [6, 6.07) is 12.3. The van der Waals surface area contributed by atoms with E-state index in [1.807, 2.05) is 0 Å². The second kappa shape index (κ2) is 9.29. The largest absolute Gasteiger partial charge is 0.490 e. The number of para-hydroxylation sites is 1. The zero-order valence-corrected chi connectivity index (χ0v) is 18.2. The molecule has 6 nitrogen and oxygen atoms in total. The van der Waals surface area contributed by atoms with E-state index < -0.39 is 17.9 Å². The van der Waals surface area contributed by atoms with Crippen LogP contribution in [0.25, 0.3) is 11.0 Å². The number of fused-ring (bicyclic) bond motifs is 1. The van der Waals surface area contributed by atoms with Crippen LogP contribution in [0.5, 0.6) is 5.75 Å². The van der Waals surface area contributed by atoms with Gasteiger partial charge in [0.1, 0.15) is 17.9 Å². The van der Waals surface area contributed by atoms with Crippen molar-refractivity contribution in [3.05, 3.63) is 82.4 Å². The highest BCUT2D eigenvalue weighted by atomic mass is 35.5. The summed E-state index contributed by atoms with van der Waals surface area (Å²) in [6.07, 6.45) is -1.70. The molecule has 1 amide bonds. The van der Waals surface area contributed by atoms with Crippen molar-refractivity contribution in [2.45, 2.75) is 12.7 Å². The van der Waals surface area contributed by atoms with Crippen LogP contribution < -0.4 is 10.1 Å². The first-order chi connectivity index (χ1) is 15.8. The number of nitrogens with one attached hydrogen (secondary N) is 1. The van der Waals surface area contributed by atoms with Crippen LogP contribution in [0, 0.1) is 0 Å². The van der Waals surface area contributed by atoms with Crippen molar-refractivity contribution in [2.75, 3.05) is 11.9 Å². The number of ether oxygens (including phenoxy) is 1. The van der Waals surface area contributed by atoms with Crippen molar-refractivity contribution in [1.29, 1.82) is 0 Å². The number of anilines is 1. The van der Waals surface area contributed by atoms with E-state index in [0.717, 1.165) is 4.57 Å². The molecule has 0 fully saturated rings. The maximum atomic E-state index is 13.7. The number of benzene rings is 2. The van der Waals surface area contributed by atoms with Crippen LogP contribution in [-0.4, -0.2) is 27.0 Å². The molecule has 11 heteroatoms. The molecule has 0 aliphatic heterocycles. The number of carbonyl (C=O) groups excluding carboxylic acids is 1. The molecule has 4 aromatic rings. The molecule has 2 aromatic heterocycles. The minimum atomic E-state index is -4.72. The summed E-state index contributed by atoms with van der Waals surface area (Å²) in [6.45, 7) is -0.181. The molecule has 2 aromatic carbocycles. The fraction of sp³-hybridized carbons (Fsp3) is 0.136. The highest BCUT2D eigenvalue weighted by Crippen LogP contribution is 2.34. The fourth-order valence-electron chi connectivity index (χ4n) is 3.28. The Bertz CT molecular complexity index is 1290. The van der Waals surface area contributed by atoms with Gasteiger partial charge in [0.05, 0.1) is 39.6 Å². The van der Waals surface area contributed by atoms with Crippen LogP contribution in [0.4, 0.5) is 18.9 Å². The van der Waals surface area contributed by atoms with Crippen molar-refractivity contribution in [3.63, 3.8) is 0 Å². The average Bonchev–Trinajstić information content (AvgIpc) is 3.15. The summed E-state index contributed by atoms with van der Waals surface area (Å²) in [5, 5.41) is 2.79. The van der Waals surface area contributed by atoms with Crippen LogP contribution in [0.15, 0.2) is 60.9 Å². The van der Waals surface area contributed by atoms with Crippen molar-refractivity contribution in [1.82, 2.24) is 14.5 Å². The minimum absolute atomic E-state index is 0.0122. The molecule has 0 aliphatic carbocycles. The predicted molar refractivity (Wildman–Crippen MR) is 119 cm³/mol. The summed E-state index contributed by atoms with van der Waals surface area (Å²) >= 11 is 12.1. The van der Waals surface area contributed by atoms with Gasteiger partial charge in [-0.3, -0.25) is 9.78 Å². The number of aromatic nitrogens is 3. The standard InChI is InChI=1S/C22H15Cl2F3N4O2/c23-14-5-1-6-15(24)18(14)20(32)29-16-7-2-8-17-19(16)30-21(22(25,26)27)31(17)10-11-33-13-4-3-9-28-12-13/h1-9,12H,10-11H2,(H,29,32). The number of amides is 1. The van der Waals surface area contributed by atoms with Gasteiger partial charge in [-0.15, -0.1) is 0 Å². The molecule has 0 saturated heterocycles. The van der Waals surface area contributed by atoms with Gasteiger partial charge >= 0.3 is 6.18 Å². The van der Waals surface area contributed by atoms with E-state index >= 15 is 0 Å². The molecular weight excluding hydrogens is 480 g/mol. The second-order valence-corrected chi connectivity index (χ2v) is 7.66. The Morgan fingerprint density at radius 1 is 1.06 bits per heavy atom. The molecule has 33 heavy (non-hydrogen) atoms. The predicted octanol–water partition coefficient (Wildman–Crippen LogP) is 6.09. The number of hydrogen-bond acceptors (Lipinski definition) is 4. The summed E-state index contributed by atoms with van der Waals surface area (Å²) in [5.41, 5.74) is 0.256. The monoisotopic (exact) mass is 494 g/mol. The van der Waals surface area contributed by atoms with Crippen molar-refractivity contribution in [2.24, 2.45) is 0 Å². The first-order valence-electron chi connectivity index (χ1n) is 9.60. The molecule has 0 radical (unpaired) electrons. The van der Waals surface area contributed by atoms with Crippen LogP contribution in [0.2, 0.25) is 10.0 Å². The summed E-state index contributed by atoms with van der Waals surface area (Å²) in [5.74, 6) is -1.34. The molecule has 1 N–H and O–H groups in total. The molecule has 4 rings (SSSR count). The first-order valence-corrected chi connectivity index (χ1v) is 10.4. The van der Waals surface area contributed by atoms with E-state index in [-0.39, 0.29) is 45.5 Å². The third-order valence-corrected chi connectivity index (χ3v) is 5.32. The molecule has 0 spiro atoms. The molecule has 170 valence electrons. The second-order valence-electron chi connectivity index (χ2n) is 6.85. The topological polar surface area (TPSA) is 69.0 Å². The Morgan fingerprint density at radius 3 is 2.45 bits per heavy atom. The van der Waals surface area contributed by atoms with E-state index in [1.165, 1.54) is 36.5 Å². The third kappa shape index (κ3) is 4.89. The van der Waals surface area contributed by atoms with Gasteiger partial charge in [0.2, 0.25) is 5.82 Å². The lowest BCUT2D eigenvalue weighted by molar-refractivity contribution is -0.147. The Hall–Kier alpha value is -3.30. The maximum Gasteiger partial charge on any atom is 0.449 e. The number of imidazole rings is 1. The number of nitrogens with zero attached hydrogens (tertiary/aromatic N) is 3. The Morgan fingerprint density at radius 2 is 1.79 bits per heavy atom. The Balaban J connectivity index is 1.67. The molecule has 0 saturated carbocycles. The maximum absolute atomic E-state index is 13.7. The van der Waals surface area contributed by atoms with Gasteiger partial charge in [0.25, 0.3) is 5.91 Å². The van der Waals surface area contributed by atoms with Crippen LogP contribution in [0.1, 0.15) is 16.2 Å². The van der Waals surface area contributed by atoms with Gasteiger partial charge in [-0.2, -0.15) is 13.2 Å². The molecule has 0 aliphatic rings. The van der Waals surface area contributed by atoms with Gasteiger partial charge in [0.15, 0.2) is 0 Å². The number of alkyl halides is 3. The quantitative estimate of drug-likeness (QED) is 0.352. The molecule has 2 heterocycles. The van der Waals surface area contributed by atoms with Gasteiger partial charge in [-0.25, -0.2) is 4.98 Å². The normalized spacial score (nSPS) is 11.5. The van der Waals surface area contributed by atoms with E-state index in [4.69, 9.17) is 27.9 Å². The lowest BCUT2D eigenvalue weighted by Gasteiger charge is -2.12. The minimum Gasteiger partial charge on any atom is -0.490 e. The van der Waals surface area contributed by atoms with E-state index in [2.05, 4.69) is 15.3 Å². The van der Waals surface area contributed by atoms with Gasteiger partial charge in [0, 0.05) is 6.20 Å². The van der Waals surface area contributed by atoms with Crippen molar-refractivity contribution >= 4 is 45.8 Å². The van der Waals surface area contributed by atoms with Gasteiger partial charge < -0.3 is 14.6 Å². The average molecular weight is 495 g/mol. The molecular formula is C22H15Cl2F3N4O2. The lowest BCUT2D eigenvalue weighted by Crippen LogP contribution is -2.18.